The molecule has 1 saturated heterocycles. The van der Waals surface area contributed by atoms with Crippen LogP contribution >= 0.6 is 11.3 Å². The Morgan fingerprint density at radius 1 is 1.47 bits per heavy atom. The fourth-order valence-electron chi connectivity index (χ4n) is 2.43. The van der Waals surface area contributed by atoms with Gasteiger partial charge in [0, 0.05) is 24.0 Å². The molecule has 1 fully saturated rings. The first-order chi connectivity index (χ1) is 8.95. The minimum atomic E-state index is -3.41. The molecule has 108 valence electrons. The largest absolute Gasteiger partial charge is 0.391 e. The number of thiophene rings is 1. The number of sulfonamides is 1. The van der Waals surface area contributed by atoms with Gasteiger partial charge in [-0.1, -0.05) is 0 Å². The van der Waals surface area contributed by atoms with E-state index in [-0.39, 0.29) is 12.6 Å². The van der Waals surface area contributed by atoms with E-state index in [9.17, 15) is 8.42 Å². The number of likely N-dealkylation sites (N-methyl/N-ethyl adjacent to an activating group) is 1. The molecule has 5 nitrogen and oxygen atoms in total. The zero-order valence-electron chi connectivity index (χ0n) is 11.2. The Bertz CT molecular complexity index is 525. The molecule has 2 rings (SSSR count). The summed E-state index contributed by atoms with van der Waals surface area (Å²) in [5.41, 5.74) is 0. The molecule has 0 amide bonds. The standard InChI is InChI=1S/C12H20N2O3S2/c1-13(2)8-10-4-3-7-14(10)19(16,17)12-6-5-11(9-15)18-12/h5-6,10,15H,3-4,7-9H2,1-2H3. The fraction of sp³-hybridized carbons (Fsp3) is 0.667. The second kappa shape index (κ2) is 5.88. The van der Waals surface area contributed by atoms with Crippen LogP contribution < -0.4 is 0 Å². The molecule has 19 heavy (non-hydrogen) atoms. The lowest BCUT2D eigenvalue weighted by Gasteiger charge is -2.25. The molecular formula is C12H20N2O3S2. The molecule has 0 bridgehead atoms. The van der Waals surface area contributed by atoms with Gasteiger partial charge < -0.3 is 10.0 Å². The molecule has 0 radical (unpaired) electrons. The smallest absolute Gasteiger partial charge is 0.252 e. The maximum atomic E-state index is 12.6. The van der Waals surface area contributed by atoms with Crippen molar-refractivity contribution in [3.63, 3.8) is 0 Å². The van der Waals surface area contributed by atoms with Crippen molar-refractivity contribution in [2.45, 2.75) is 29.7 Å². The third kappa shape index (κ3) is 3.17. The third-order valence-electron chi connectivity index (χ3n) is 3.25. The Morgan fingerprint density at radius 3 is 2.79 bits per heavy atom. The second-order valence-electron chi connectivity index (χ2n) is 5.05. The van der Waals surface area contributed by atoms with E-state index in [0.29, 0.717) is 15.6 Å². The SMILES string of the molecule is CN(C)CC1CCCN1S(=O)(=O)c1ccc(CO)s1. The van der Waals surface area contributed by atoms with E-state index in [0.717, 1.165) is 30.7 Å². The monoisotopic (exact) mass is 304 g/mol. The van der Waals surface area contributed by atoms with Crippen molar-refractivity contribution in [3.8, 4) is 0 Å². The summed E-state index contributed by atoms with van der Waals surface area (Å²) < 4.78 is 27.1. The Balaban J connectivity index is 2.23. The highest BCUT2D eigenvalue weighted by molar-refractivity contribution is 7.91. The van der Waals surface area contributed by atoms with Gasteiger partial charge in [0.15, 0.2) is 0 Å². The molecule has 1 atom stereocenters. The lowest BCUT2D eigenvalue weighted by Crippen LogP contribution is -2.40. The van der Waals surface area contributed by atoms with Crippen molar-refractivity contribution in [3.05, 3.63) is 17.0 Å². The summed E-state index contributed by atoms with van der Waals surface area (Å²) in [6.07, 6.45) is 1.83. The molecule has 0 aromatic carbocycles. The number of nitrogens with zero attached hydrogens (tertiary/aromatic N) is 2. The average Bonchev–Trinajstić information content (AvgIpc) is 2.95. The highest BCUT2D eigenvalue weighted by Gasteiger charge is 2.36. The summed E-state index contributed by atoms with van der Waals surface area (Å²) in [6.45, 7) is 1.23. The van der Waals surface area contributed by atoms with Crippen LogP contribution in [0.2, 0.25) is 0 Å². The Hall–Kier alpha value is -0.470. The molecule has 0 spiro atoms. The lowest BCUT2D eigenvalue weighted by atomic mass is 10.2. The maximum absolute atomic E-state index is 12.6. The van der Waals surface area contributed by atoms with E-state index in [4.69, 9.17) is 5.11 Å². The molecule has 1 unspecified atom stereocenters. The Labute approximate surface area is 118 Å². The predicted octanol–water partition coefficient (Wildman–Crippen LogP) is 0.955. The first-order valence-corrected chi connectivity index (χ1v) is 8.57. The summed E-state index contributed by atoms with van der Waals surface area (Å²) in [7, 11) is 0.504. The summed E-state index contributed by atoms with van der Waals surface area (Å²) in [5.74, 6) is 0. The van der Waals surface area contributed by atoms with Crippen LogP contribution in [0.4, 0.5) is 0 Å². The van der Waals surface area contributed by atoms with Crippen molar-refractivity contribution in [1.82, 2.24) is 9.21 Å². The van der Waals surface area contributed by atoms with Gasteiger partial charge in [0.25, 0.3) is 10.0 Å². The van der Waals surface area contributed by atoms with Crippen molar-refractivity contribution in [1.29, 1.82) is 0 Å². The summed E-state index contributed by atoms with van der Waals surface area (Å²) >= 11 is 1.15. The Morgan fingerprint density at radius 2 is 2.21 bits per heavy atom. The lowest BCUT2D eigenvalue weighted by molar-refractivity contribution is 0.285. The van der Waals surface area contributed by atoms with Crippen LogP contribution in [0.1, 0.15) is 17.7 Å². The number of hydrogen-bond acceptors (Lipinski definition) is 5. The molecule has 2 heterocycles. The summed E-state index contributed by atoms with van der Waals surface area (Å²) in [4.78, 5) is 2.70. The van der Waals surface area contributed by atoms with Gasteiger partial charge in [-0.15, -0.1) is 11.3 Å². The number of hydrogen-bond donors (Lipinski definition) is 1. The van der Waals surface area contributed by atoms with E-state index in [1.165, 1.54) is 0 Å². The third-order valence-corrected chi connectivity index (χ3v) is 6.74. The van der Waals surface area contributed by atoms with Gasteiger partial charge in [-0.2, -0.15) is 4.31 Å². The molecule has 1 aliphatic heterocycles. The molecule has 7 heteroatoms. The molecule has 1 aliphatic rings. The molecule has 1 N–H and O–H groups in total. The summed E-state index contributed by atoms with van der Waals surface area (Å²) in [5, 5.41) is 9.05. The van der Waals surface area contributed by atoms with Crippen LogP contribution in [-0.4, -0.2) is 56.0 Å². The van der Waals surface area contributed by atoms with Gasteiger partial charge in [-0.25, -0.2) is 8.42 Å². The van der Waals surface area contributed by atoms with Crippen LogP contribution in [-0.2, 0) is 16.6 Å². The van der Waals surface area contributed by atoms with Crippen LogP contribution in [0.25, 0.3) is 0 Å². The summed E-state index contributed by atoms with van der Waals surface area (Å²) in [6, 6.07) is 3.32. The van der Waals surface area contributed by atoms with Crippen LogP contribution in [0, 0.1) is 0 Å². The van der Waals surface area contributed by atoms with Crippen molar-refractivity contribution >= 4 is 21.4 Å². The minimum absolute atomic E-state index is 0.0553. The first-order valence-electron chi connectivity index (χ1n) is 6.31. The van der Waals surface area contributed by atoms with Gasteiger partial charge in [-0.05, 0) is 39.1 Å². The quantitative estimate of drug-likeness (QED) is 0.880. The number of aliphatic hydroxyl groups is 1. The second-order valence-corrected chi connectivity index (χ2v) is 8.34. The van der Waals surface area contributed by atoms with E-state index in [1.54, 1.807) is 16.4 Å². The maximum Gasteiger partial charge on any atom is 0.252 e. The zero-order valence-corrected chi connectivity index (χ0v) is 12.9. The Kier molecular flexibility index (Phi) is 4.62. The van der Waals surface area contributed by atoms with Gasteiger partial charge in [0.05, 0.1) is 6.61 Å². The van der Waals surface area contributed by atoms with E-state index >= 15 is 0 Å². The highest BCUT2D eigenvalue weighted by atomic mass is 32.2. The topological polar surface area (TPSA) is 60.9 Å². The van der Waals surface area contributed by atoms with Crippen LogP contribution in [0.15, 0.2) is 16.3 Å². The fourth-order valence-corrected chi connectivity index (χ4v) is 5.46. The van der Waals surface area contributed by atoms with Gasteiger partial charge in [0.1, 0.15) is 4.21 Å². The van der Waals surface area contributed by atoms with E-state index in [1.807, 2.05) is 19.0 Å². The number of rotatable bonds is 5. The molecule has 0 aliphatic carbocycles. The van der Waals surface area contributed by atoms with Crippen molar-refractivity contribution in [2.75, 3.05) is 27.2 Å². The van der Waals surface area contributed by atoms with Crippen molar-refractivity contribution < 1.29 is 13.5 Å². The highest BCUT2D eigenvalue weighted by Crippen LogP contribution is 2.30. The van der Waals surface area contributed by atoms with Gasteiger partial charge in [0.2, 0.25) is 0 Å². The number of aliphatic hydroxyl groups excluding tert-OH is 1. The predicted molar refractivity (Wildman–Crippen MR) is 75.7 cm³/mol. The minimum Gasteiger partial charge on any atom is -0.391 e. The van der Waals surface area contributed by atoms with E-state index in [2.05, 4.69) is 0 Å². The molecule has 1 aromatic rings. The van der Waals surface area contributed by atoms with Gasteiger partial charge in [-0.3, -0.25) is 0 Å². The normalized spacial score (nSPS) is 21.4. The molecule has 1 aromatic heterocycles. The van der Waals surface area contributed by atoms with Crippen LogP contribution in [0.5, 0.6) is 0 Å². The van der Waals surface area contributed by atoms with E-state index < -0.39 is 10.0 Å². The van der Waals surface area contributed by atoms with Crippen molar-refractivity contribution in [2.24, 2.45) is 0 Å². The average molecular weight is 304 g/mol. The zero-order chi connectivity index (χ0) is 14.0. The van der Waals surface area contributed by atoms with Crippen LogP contribution in [0.3, 0.4) is 0 Å². The first kappa shape index (κ1) is 14.9. The molecule has 0 saturated carbocycles. The molecular weight excluding hydrogens is 284 g/mol. The van der Waals surface area contributed by atoms with Gasteiger partial charge >= 0.3 is 0 Å².